The van der Waals surface area contributed by atoms with Crippen molar-refractivity contribution < 1.29 is 18.7 Å². The number of anilines is 1. The van der Waals surface area contributed by atoms with Crippen molar-refractivity contribution >= 4 is 34.2 Å². The molecule has 5 rings (SSSR count). The number of pyridine rings is 1. The van der Waals surface area contributed by atoms with Gasteiger partial charge in [0.2, 0.25) is 5.91 Å². The van der Waals surface area contributed by atoms with Crippen LogP contribution in [0, 0.1) is 17.7 Å². The number of hydrogen-bond donors (Lipinski definition) is 2. The molecule has 1 aromatic carbocycles. The summed E-state index contributed by atoms with van der Waals surface area (Å²) in [6, 6.07) is 8.14. The standard InChI is InChI=1S/C25H25FN4O3/c1-14-13-30(25(32)16-5-6-21(33-2)20(26)11-16)10-8-17(14)19-12-22(29-24(31)15-3-4-15)28-23-18(19)7-9-27-23/h5-9,11-12,14-15H,3-4,10,13H2,1-2H3,(H2,27,28,29,31). The Morgan fingerprint density at radius 1 is 1.24 bits per heavy atom. The largest absolute Gasteiger partial charge is 0.494 e. The first-order chi connectivity index (χ1) is 15.9. The average Bonchev–Trinajstić information content (AvgIpc) is 3.56. The maximum Gasteiger partial charge on any atom is 0.254 e. The van der Waals surface area contributed by atoms with Crippen LogP contribution >= 0.6 is 0 Å². The number of nitrogens with zero attached hydrogens (tertiary/aromatic N) is 2. The number of aromatic nitrogens is 2. The molecule has 1 aliphatic carbocycles. The van der Waals surface area contributed by atoms with E-state index in [0.29, 0.717) is 30.1 Å². The van der Waals surface area contributed by atoms with E-state index in [2.05, 4.69) is 22.2 Å². The van der Waals surface area contributed by atoms with Crippen molar-refractivity contribution in [1.82, 2.24) is 14.9 Å². The molecule has 0 radical (unpaired) electrons. The fourth-order valence-corrected chi connectivity index (χ4v) is 4.35. The Hall–Kier alpha value is -3.68. The van der Waals surface area contributed by atoms with Gasteiger partial charge in [-0.2, -0.15) is 0 Å². The first-order valence-corrected chi connectivity index (χ1v) is 11.1. The van der Waals surface area contributed by atoms with Crippen LogP contribution in [0.2, 0.25) is 0 Å². The van der Waals surface area contributed by atoms with Gasteiger partial charge in [0, 0.05) is 36.2 Å². The highest BCUT2D eigenvalue weighted by molar-refractivity contribution is 5.98. The van der Waals surface area contributed by atoms with Crippen LogP contribution in [0.4, 0.5) is 10.2 Å². The third-order valence-corrected chi connectivity index (χ3v) is 6.28. The number of rotatable bonds is 5. The monoisotopic (exact) mass is 448 g/mol. The second-order valence-corrected chi connectivity index (χ2v) is 8.68. The molecule has 2 amide bonds. The van der Waals surface area contributed by atoms with E-state index >= 15 is 0 Å². The van der Waals surface area contributed by atoms with Crippen LogP contribution in [0.15, 0.2) is 42.6 Å². The molecule has 1 aliphatic heterocycles. The second kappa shape index (κ2) is 8.35. The number of halogens is 1. The molecule has 2 aromatic heterocycles. The molecule has 1 saturated carbocycles. The minimum absolute atomic E-state index is 0.00789. The quantitative estimate of drug-likeness (QED) is 0.611. The lowest BCUT2D eigenvalue weighted by Gasteiger charge is -2.32. The van der Waals surface area contributed by atoms with Crippen molar-refractivity contribution in [3.8, 4) is 5.75 Å². The number of ether oxygens (including phenoxy) is 1. The normalized spacial score (nSPS) is 18.2. The first kappa shape index (κ1) is 21.2. The molecule has 1 atom stereocenters. The van der Waals surface area contributed by atoms with Crippen LogP contribution in [0.1, 0.15) is 35.7 Å². The van der Waals surface area contributed by atoms with Crippen molar-refractivity contribution in [3.05, 3.63) is 59.5 Å². The predicted octanol–water partition coefficient (Wildman–Crippen LogP) is 4.23. The topological polar surface area (TPSA) is 87.3 Å². The Morgan fingerprint density at radius 2 is 2.06 bits per heavy atom. The summed E-state index contributed by atoms with van der Waals surface area (Å²) in [5.74, 6) is -0.0121. The SMILES string of the molecule is COc1ccc(C(=O)N2CC=C(c3cc(NC(=O)C4CC4)nc4[nH]ccc34)C(C)C2)cc1F. The second-order valence-electron chi connectivity index (χ2n) is 8.68. The zero-order valence-corrected chi connectivity index (χ0v) is 18.5. The van der Waals surface area contributed by atoms with Gasteiger partial charge in [0.25, 0.3) is 5.91 Å². The molecule has 1 unspecified atom stereocenters. The summed E-state index contributed by atoms with van der Waals surface area (Å²) in [4.78, 5) is 34.6. The van der Waals surface area contributed by atoms with Gasteiger partial charge in [0.05, 0.1) is 7.11 Å². The fourth-order valence-electron chi connectivity index (χ4n) is 4.35. The van der Waals surface area contributed by atoms with Gasteiger partial charge in [-0.1, -0.05) is 13.0 Å². The van der Waals surface area contributed by atoms with Gasteiger partial charge in [-0.3, -0.25) is 9.59 Å². The zero-order chi connectivity index (χ0) is 23.1. The van der Waals surface area contributed by atoms with Crippen molar-refractivity contribution in [2.45, 2.75) is 19.8 Å². The summed E-state index contributed by atoms with van der Waals surface area (Å²) in [7, 11) is 1.39. The summed E-state index contributed by atoms with van der Waals surface area (Å²) < 4.78 is 19.0. The number of carbonyl (C=O) groups excluding carboxylic acids is 2. The third-order valence-electron chi connectivity index (χ3n) is 6.28. The van der Waals surface area contributed by atoms with Gasteiger partial charge in [-0.15, -0.1) is 0 Å². The number of hydrogen-bond acceptors (Lipinski definition) is 4. The van der Waals surface area contributed by atoms with Gasteiger partial charge >= 0.3 is 0 Å². The predicted molar refractivity (Wildman–Crippen MR) is 123 cm³/mol. The van der Waals surface area contributed by atoms with Gasteiger partial charge in [0.15, 0.2) is 11.6 Å². The molecule has 2 N–H and O–H groups in total. The number of fused-ring (bicyclic) bond motifs is 1. The number of H-pyrrole nitrogens is 1. The third kappa shape index (κ3) is 4.08. The highest BCUT2D eigenvalue weighted by atomic mass is 19.1. The molecule has 2 aliphatic rings. The molecule has 7 nitrogen and oxygen atoms in total. The Morgan fingerprint density at radius 3 is 2.76 bits per heavy atom. The lowest BCUT2D eigenvalue weighted by atomic mass is 9.89. The van der Waals surface area contributed by atoms with Gasteiger partial charge in [-0.05, 0) is 60.2 Å². The van der Waals surface area contributed by atoms with Crippen LogP contribution in [0.3, 0.4) is 0 Å². The van der Waals surface area contributed by atoms with Crippen LogP contribution < -0.4 is 10.1 Å². The van der Waals surface area contributed by atoms with Crippen molar-refractivity contribution in [3.63, 3.8) is 0 Å². The Balaban J connectivity index is 1.41. The lowest BCUT2D eigenvalue weighted by Crippen LogP contribution is -2.38. The van der Waals surface area contributed by atoms with E-state index < -0.39 is 5.82 Å². The molecule has 1 fully saturated rings. The van der Waals surface area contributed by atoms with Gasteiger partial charge in [-0.25, -0.2) is 9.37 Å². The molecular weight excluding hydrogens is 423 g/mol. The molecule has 0 bridgehead atoms. The maximum atomic E-state index is 14.1. The van der Waals surface area contributed by atoms with E-state index in [-0.39, 0.29) is 29.4 Å². The summed E-state index contributed by atoms with van der Waals surface area (Å²) in [6.45, 7) is 2.96. The number of aromatic amines is 1. The average molecular weight is 448 g/mol. The van der Waals surface area contributed by atoms with Crippen LogP contribution in [0.25, 0.3) is 16.6 Å². The van der Waals surface area contributed by atoms with Gasteiger partial charge in [0.1, 0.15) is 11.5 Å². The minimum atomic E-state index is -0.558. The van der Waals surface area contributed by atoms with E-state index in [1.165, 1.54) is 19.2 Å². The van der Waals surface area contributed by atoms with E-state index in [1.807, 2.05) is 24.4 Å². The molecule has 8 heteroatoms. The van der Waals surface area contributed by atoms with Crippen molar-refractivity contribution in [1.29, 1.82) is 0 Å². The highest BCUT2D eigenvalue weighted by Gasteiger charge is 2.30. The van der Waals surface area contributed by atoms with E-state index in [9.17, 15) is 14.0 Å². The lowest BCUT2D eigenvalue weighted by molar-refractivity contribution is -0.117. The number of nitrogens with one attached hydrogen (secondary N) is 2. The van der Waals surface area contributed by atoms with Gasteiger partial charge < -0.3 is 19.9 Å². The molecule has 33 heavy (non-hydrogen) atoms. The first-order valence-electron chi connectivity index (χ1n) is 11.1. The van der Waals surface area contributed by atoms with E-state index in [0.717, 1.165) is 29.4 Å². The molecule has 170 valence electrons. The highest BCUT2D eigenvalue weighted by Crippen LogP contribution is 2.35. The summed E-state index contributed by atoms with van der Waals surface area (Å²) >= 11 is 0. The zero-order valence-electron chi connectivity index (χ0n) is 18.5. The number of carbonyl (C=O) groups is 2. The molecule has 0 spiro atoms. The fraction of sp³-hybridized carbons (Fsp3) is 0.320. The molecule has 3 heterocycles. The summed E-state index contributed by atoms with van der Waals surface area (Å²) in [6.07, 6.45) is 5.71. The van der Waals surface area contributed by atoms with Crippen LogP contribution in [-0.2, 0) is 4.79 Å². The smallest absolute Gasteiger partial charge is 0.254 e. The van der Waals surface area contributed by atoms with Crippen molar-refractivity contribution in [2.24, 2.45) is 11.8 Å². The summed E-state index contributed by atoms with van der Waals surface area (Å²) in [5, 5.41) is 3.90. The Labute approximate surface area is 190 Å². The molecular formula is C25H25FN4O3. The Bertz CT molecular complexity index is 1280. The molecule has 0 saturated heterocycles. The van der Waals surface area contributed by atoms with E-state index in [4.69, 9.17) is 4.74 Å². The van der Waals surface area contributed by atoms with Crippen molar-refractivity contribution in [2.75, 3.05) is 25.5 Å². The number of methoxy groups -OCH3 is 1. The maximum absolute atomic E-state index is 14.1. The minimum Gasteiger partial charge on any atom is -0.494 e. The molecule has 3 aromatic rings. The van der Waals surface area contributed by atoms with Crippen LogP contribution in [0.5, 0.6) is 5.75 Å². The van der Waals surface area contributed by atoms with Crippen LogP contribution in [-0.4, -0.2) is 46.9 Å². The number of amides is 2. The van der Waals surface area contributed by atoms with E-state index in [1.54, 1.807) is 11.0 Å². The summed E-state index contributed by atoms with van der Waals surface area (Å²) in [5.41, 5.74) is 3.08. The number of benzene rings is 1. The Kier molecular flexibility index (Phi) is 5.36.